The maximum Gasteiger partial charge on any atom is 0.243 e. The van der Waals surface area contributed by atoms with E-state index in [1.54, 1.807) is 25.3 Å². The molecule has 2 bridgehead atoms. The van der Waals surface area contributed by atoms with Crippen LogP contribution in [0, 0.1) is 10.8 Å². The third kappa shape index (κ3) is 5.25. The number of methoxy groups -OCH3 is 1. The zero-order valence-corrected chi connectivity index (χ0v) is 25.9. The number of ether oxygens (including phenoxy) is 1. The van der Waals surface area contributed by atoms with E-state index in [0.29, 0.717) is 29.5 Å². The van der Waals surface area contributed by atoms with E-state index in [1.807, 2.05) is 42.7 Å². The first-order chi connectivity index (χ1) is 18.9. The van der Waals surface area contributed by atoms with Gasteiger partial charge in [-0.1, -0.05) is 58.5 Å². The fraction of sp³-hybridized carbons (Fsp3) is 0.533. The zero-order chi connectivity index (χ0) is 28.9. The van der Waals surface area contributed by atoms with Crippen molar-refractivity contribution in [1.82, 2.24) is 18.8 Å². The Bertz CT molecular complexity index is 1530. The summed E-state index contributed by atoms with van der Waals surface area (Å²) in [6, 6.07) is 13.0. The molecule has 8 nitrogen and oxygen atoms in total. The summed E-state index contributed by atoms with van der Waals surface area (Å²) in [5, 5.41) is 0.624. The molecule has 0 spiro atoms. The number of rotatable bonds is 9. The summed E-state index contributed by atoms with van der Waals surface area (Å²) in [6.45, 7) is 12.2. The average molecular weight is 585 g/mol. The van der Waals surface area contributed by atoms with Gasteiger partial charge < -0.3 is 9.64 Å². The molecule has 3 aromatic rings. The largest absolute Gasteiger partial charge is 0.495 e. The number of carbonyl (C=O) groups is 1. The first-order valence-electron chi connectivity index (χ1n) is 14.0. The van der Waals surface area contributed by atoms with Gasteiger partial charge in [-0.3, -0.25) is 9.36 Å². The van der Waals surface area contributed by atoms with Crippen molar-refractivity contribution in [2.75, 3.05) is 32.5 Å². The Morgan fingerprint density at radius 2 is 1.85 bits per heavy atom. The minimum absolute atomic E-state index is 0.125. The lowest BCUT2D eigenvalue weighted by atomic mass is 9.65. The van der Waals surface area contributed by atoms with Gasteiger partial charge in [0.15, 0.2) is 5.16 Å². The van der Waals surface area contributed by atoms with Gasteiger partial charge >= 0.3 is 0 Å². The van der Waals surface area contributed by atoms with Gasteiger partial charge in [-0.05, 0) is 60.4 Å². The predicted molar refractivity (Wildman–Crippen MR) is 160 cm³/mol. The van der Waals surface area contributed by atoms with Gasteiger partial charge in [-0.2, -0.15) is 4.31 Å². The number of benzene rings is 2. The van der Waals surface area contributed by atoms with E-state index in [0.717, 1.165) is 37.0 Å². The summed E-state index contributed by atoms with van der Waals surface area (Å²) in [4.78, 5) is 20.8. The first-order valence-corrected chi connectivity index (χ1v) is 16.4. The van der Waals surface area contributed by atoms with Crippen LogP contribution in [0.25, 0.3) is 16.7 Å². The summed E-state index contributed by atoms with van der Waals surface area (Å²) < 4.78 is 35.5. The minimum Gasteiger partial charge on any atom is -0.495 e. The number of fused-ring (bicyclic) bond motifs is 3. The summed E-state index contributed by atoms with van der Waals surface area (Å²) in [5.41, 5.74) is 2.50. The third-order valence-electron chi connectivity index (χ3n) is 8.32. The number of para-hydroxylation sites is 2. The molecule has 0 N–H and O–H groups in total. The highest BCUT2D eigenvalue weighted by Gasteiger charge is 2.50. The monoisotopic (exact) mass is 584 g/mol. The summed E-state index contributed by atoms with van der Waals surface area (Å²) >= 11 is 1.39. The van der Waals surface area contributed by atoms with Crippen LogP contribution in [0.2, 0.25) is 0 Å². The number of aromatic nitrogens is 2. The number of carbonyl (C=O) groups excluding carboxylic acids is 1. The predicted octanol–water partition coefficient (Wildman–Crippen LogP) is 5.58. The quantitative estimate of drug-likeness (QED) is 0.305. The van der Waals surface area contributed by atoms with E-state index in [-0.39, 0.29) is 33.4 Å². The summed E-state index contributed by atoms with van der Waals surface area (Å²) in [7, 11) is -2.02. The van der Waals surface area contributed by atoms with Crippen LogP contribution in [0.3, 0.4) is 0 Å². The lowest BCUT2D eigenvalue weighted by molar-refractivity contribution is -0.129. The number of thioether (sulfide) groups is 1. The Labute approximate surface area is 242 Å². The molecule has 2 atom stereocenters. The number of likely N-dealkylation sites (tertiary alicyclic amines) is 1. The fourth-order valence-electron chi connectivity index (χ4n) is 7.02. The molecule has 10 heteroatoms. The van der Waals surface area contributed by atoms with Crippen LogP contribution in [0.1, 0.15) is 53.9 Å². The van der Waals surface area contributed by atoms with Crippen LogP contribution in [0.5, 0.6) is 5.75 Å². The number of hydrogen-bond acceptors (Lipinski definition) is 6. The van der Waals surface area contributed by atoms with Crippen LogP contribution in [0.4, 0.5) is 0 Å². The van der Waals surface area contributed by atoms with Crippen molar-refractivity contribution in [1.29, 1.82) is 0 Å². The van der Waals surface area contributed by atoms with Crippen molar-refractivity contribution in [3.05, 3.63) is 42.5 Å². The summed E-state index contributed by atoms with van der Waals surface area (Å²) in [5.74, 6) is 1.05. The van der Waals surface area contributed by atoms with Crippen molar-refractivity contribution in [2.45, 2.75) is 70.0 Å². The van der Waals surface area contributed by atoms with E-state index in [1.165, 1.54) is 16.1 Å². The van der Waals surface area contributed by atoms with Gasteiger partial charge in [-0.15, -0.1) is 0 Å². The Balaban J connectivity index is 1.51. The Hall–Kier alpha value is -2.56. The van der Waals surface area contributed by atoms with Crippen molar-refractivity contribution < 1.29 is 17.9 Å². The lowest BCUT2D eigenvalue weighted by Crippen LogP contribution is -2.38. The van der Waals surface area contributed by atoms with Crippen LogP contribution in [-0.2, 0) is 14.8 Å². The standard InChI is InChI=1S/C30H40N4O4S2/c1-7-32(8-2)40(36,37)22-13-14-24-23(15-22)31-28(34(24)25-11-9-10-12-26(25)38-6)39-18-27(35)33-20-30(5)17-21(33)16-29(3,4)19-30/h9-15,21H,7-8,16-20H2,1-6H3. The zero-order valence-electron chi connectivity index (χ0n) is 24.3. The van der Waals surface area contributed by atoms with Gasteiger partial charge in [0.2, 0.25) is 15.9 Å². The smallest absolute Gasteiger partial charge is 0.243 e. The average Bonchev–Trinajstić information content (AvgIpc) is 3.39. The molecule has 0 radical (unpaired) electrons. The fourth-order valence-corrected chi connectivity index (χ4v) is 9.40. The van der Waals surface area contributed by atoms with Gasteiger partial charge in [0, 0.05) is 25.7 Å². The molecule has 1 amide bonds. The maximum absolute atomic E-state index is 13.6. The van der Waals surface area contributed by atoms with E-state index >= 15 is 0 Å². The molecule has 2 unspecified atom stereocenters. The second kappa shape index (κ2) is 10.7. The molecule has 2 heterocycles. The molecular formula is C30H40N4O4S2. The van der Waals surface area contributed by atoms with Crippen LogP contribution in [-0.4, -0.2) is 71.6 Å². The highest BCUT2D eigenvalue weighted by Crippen LogP contribution is 2.52. The molecule has 1 aromatic heterocycles. The normalized spacial score (nSPS) is 22.3. The van der Waals surface area contributed by atoms with Crippen molar-refractivity contribution >= 4 is 38.7 Å². The molecule has 1 saturated heterocycles. The van der Waals surface area contributed by atoms with Crippen molar-refractivity contribution in [3.8, 4) is 11.4 Å². The van der Waals surface area contributed by atoms with E-state index < -0.39 is 10.0 Å². The SMILES string of the molecule is CCN(CC)S(=O)(=O)c1ccc2c(c1)nc(SCC(=O)N1CC3(C)CC1CC(C)(C)C3)n2-c1ccccc1OC. The minimum atomic E-state index is -3.64. The first kappa shape index (κ1) is 29.0. The number of imidazole rings is 1. The Morgan fingerprint density at radius 3 is 2.55 bits per heavy atom. The molecular weight excluding hydrogens is 544 g/mol. The molecule has 216 valence electrons. The molecule has 5 rings (SSSR count). The molecule has 2 aromatic carbocycles. The lowest BCUT2D eigenvalue weighted by Gasteiger charge is -2.39. The molecule has 1 saturated carbocycles. The van der Waals surface area contributed by atoms with Crippen LogP contribution >= 0.6 is 11.8 Å². The third-order valence-corrected chi connectivity index (χ3v) is 11.3. The molecule has 2 aliphatic rings. The maximum atomic E-state index is 13.6. The highest BCUT2D eigenvalue weighted by molar-refractivity contribution is 7.99. The highest BCUT2D eigenvalue weighted by atomic mass is 32.2. The Kier molecular flexibility index (Phi) is 7.74. The second-order valence-corrected chi connectivity index (χ2v) is 15.0. The molecule has 1 aliphatic heterocycles. The van der Waals surface area contributed by atoms with Crippen molar-refractivity contribution in [3.63, 3.8) is 0 Å². The Morgan fingerprint density at radius 1 is 1.12 bits per heavy atom. The number of hydrogen-bond donors (Lipinski definition) is 0. The summed E-state index contributed by atoms with van der Waals surface area (Å²) in [6.07, 6.45) is 3.23. The van der Waals surface area contributed by atoms with Gasteiger partial charge in [-0.25, -0.2) is 13.4 Å². The van der Waals surface area contributed by atoms with Gasteiger partial charge in [0.05, 0.1) is 34.5 Å². The molecule has 1 aliphatic carbocycles. The van der Waals surface area contributed by atoms with Crippen LogP contribution in [0.15, 0.2) is 52.5 Å². The van der Waals surface area contributed by atoms with Crippen LogP contribution < -0.4 is 4.74 Å². The second-order valence-electron chi connectivity index (χ2n) is 12.2. The van der Waals surface area contributed by atoms with Gasteiger partial charge in [0.25, 0.3) is 0 Å². The number of nitrogens with zero attached hydrogens (tertiary/aromatic N) is 4. The molecule has 2 fully saturated rings. The molecule has 40 heavy (non-hydrogen) atoms. The number of sulfonamides is 1. The van der Waals surface area contributed by atoms with E-state index in [4.69, 9.17) is 9.72 Å². The topological polar surface area (TPSA) is 84.7 Å². The number of amides is 1. The van der Waals surface area contributed by atoms with Crippen molar-refractivity contribution in [2.24, 2.45) is 10.8 Å². The van der Waals surface area contributed by atoms with Gasteiger partial charge in [0.1, 0.15) is 5.75 Å². The van der Waals surface area contributed by atoms with E-state index in [2.05, 4.69) is 25.7 Å². The van der Waals surface area contributed by atoms with E-state index in [9.17, 15) is 13.2 Å².